The van der Waals surface area contributed by atoms with Crippen LogP contribution in [0.1, 0.15) is 22.1 Å². The van der Waals surface area contributed by atoms with Gasteiger partial charge in [-0.25, -0.2) is 0 Å². The van der Waals surface area contributed by atoms with Crippen molar-refractivity contribution in [3.8, 4) is 0 Å². The first-order valence-corrected chi connectivity index (χ1v) is 5.03. The maximum Gasteiger partial charge on any atom is 0.204 e. The molecule has 4 nitrogen and oxygen atoms in total. The number of carbonyl (C=O) groups excluding carboxylic acids is 1. The molecule has 0 amide bonds. The maximum atomic E-state index is 12.0. The van der Waals surface area contributed by atoms with Gasteiger partial charge >= 0.3 is 0 Å². The summed E-state index contributed by atoms with van der Waals surface area (Å²) < 4.78 is 1.59. The van der Waals surface area contributed by atoms with Gasteiger partial charge in [0, 0.05) is 13.2 Å². The molecule has 82 valence electrons. The van der Waals surface area contributed by atoms with Gasteiger partial charge in [0.1, 0.15) is 5.69 Å². The molecule has 2 aromatic rings. The maximum absolute atomic E-state index is 12.0. The standard InChI is InChI=1S/C12H13N3O/c1-15-8-7-10(14-15)12(16)11(13)9-5-3-2-4-6-9/h2-8,11H,13H2,1H3. The minimum absolute atomic E-state index is 0.160. The molecule has 2 rings (SSSR count). The summed E-state index contributed by atoms with van der Waals surface area (Å²) in [4.78, 5) is 12.0. The minimum Gasteiger partial charge on any atom is -0.317 e. The van der Waals surface area contributed by atoms with Crippen molar-refractivity contribution in [3.05, 3.63) is 53.9 Å². The summed E-state index contributed by atoms with van der Waals surface area (Å²) >= 11 is 0. The molecule has 1 heterocycles. The fourth-order valence-electron chi connectivity index (χ4n) is 1.52. The Morgan fingerprint density at radius 2 is 2.00 bits per heavy atom. The van der Waals surface area contributed by atoms with Gasteiger partial charge in [-0.3, -0.25) is 9.48 Å². The van der Waals surface area contributed by atoms with Crippen LogP contribution in [-0.4, -0.2) is 15.6 Å². The lowest BCUT2D eigenvalue weighted by Gasteiger charge is -2.08. The molecule has 0 radical (unpaired) electrons. The molecule has 0 bridgehead atoms. The number of rotatable bonds is 3. The second-order valence-electron chi connectivity index (χ2n) is 3.63. The highest BCUT2D eigenvalue weighted by Gasteiger charge is 2.19. The molecule has 1 unspecified atom stereocenters. The molecule has 0 saturated heterocycles. The summed E-state index contributed by atoms with van der Waals surface area (Å²) in [6.45, 7) is 0. The largest absolute Gasteiger partial charge is 0.317 e. The minimum atomic E-state index is -0.643. The molecule has 2 N–H and O–H groups in total. The summed E-state index contributed by atoms with van der Waals surface area (Å²) in [5, 5.41) is 4.04. The number of benzene rings is 1. The number of aromatic nitrogens is 2. The average Bonchev–Trinajstić information content (AvgIpc) is 2.75. The first-order valence-electron chi connectivity index (χ1n) is 5.03. The molecule has 16 heavy (non-hydrogen) atoms. The van der Waals surface area contributed by atoms with Crippen molar-refractivity contribution in [2.45, 2.75) is 6.04 Å². The number of aryl methyl sites for hydroxylation is 1. The van der Waals surface area contributed by atoms with E-state index in [1.165, 1.54) is 0 Å². The van der Waals surface area contributed by atoms with E-state index in [2.05, 4.69) is 5.10 Å². The van der Waals surface area contributed by atoms with E-state index in [4.69, 9.17) is 5.73 Å². The molecule has 0 saturated carbocycles. The van der Waals surface area contributed by atoms with E-state index in [9.17, 15) is 4.79 Å². The van der Waals surface area contributed by atoms with Gasteiger partial charge in [0.25, 0.3) is 0 Å². The van der Waals surface area contributed by atoms with Crippen LogP contribution in [0.2, 0.25) is 0 Å². The van der Waals surface area contributed by atoms with Crippen molar-refractivity contribution < 1.29 is 4.79 Å². The summed E-state index contributed by atoms with van der Waals surface area (Å²) in [5.41, 5.74) is 7.09. The van der Waals surface area contributed by atoms with Crippen molar-refractivity contribution in [3.63, 3.8) is 0 Å². The highest BCUT2D eigenvalue weighted by Crippen LogP contribution is 2.14. The van der Waals surface area contributed by atoms with Crippen LogP contribution < -0.4 is 5.73 Å². The Kier molecular flexibility index (Phi) is 2.83. The van der Waals surface area contributed by atoms with Crippen molar-refractivity contribution in [2.24, 2.45) is 12.8 Å². The number of nitrogens with zero attached hydrogens (tertiary/aromatic N) is 2. The van der Waals surface area contributed by atoms with Gasteiger partial charge in [-0.05, 0) is 11.6 Å². The predicted octanol–water partition coefficient (Wildman–Crippen LogP) is 1.30. The monoisotopic (exact) mass is 215 g/mol. The van der Waals surface area contributed by atoms with E-state index in [1.807, 2.05) is 30.3 Å². The van der Waals surface area contributed by atoms with Crippen LogP contribution in [-0.2, 0) is 7.05 Å². The van der Waals surface area contributed by atoms with Crippen LogP contribution in [0.4, 0.5) is 0 Å². The SMILES string of the molecule is Cn1ccc(C(=O)C(N)c2ccccc2)n1. The van der Waals surface area contributed by atoms with Crippen molar-refractivity contribution in [2.75, 3.05) is 0 Å². The lowest BCUT2D eigenvalue weighted by molar-refractivity contribution is 0.0955. The summed E-state index contributed by atoms with van der Waals surface area (Å²) in [5.74, 6) is -0.160. The third-order valence-electron chi connectivity index (χ3n) is 2.41. The molecule has 0 spiro atoms. The second kappa shape index (κ2) is 4.28. The zero-order chi connectivity index (χ0) is 11.5. The van der Waals surface area contributed by atoms with E-state index >= 15 is 0 Å². The number of nitrogens with two attached hydrogens (primary N) is 1. The Balaban J connectivity index is 2.23. The molecular weight excluding hydrogens is 202 g/mol. The van der Waals surface area contributed by atoms with Crippen molar-refractivity contribution >= 4 is 5.78 Å². The third kappa shape index (κ3) is 2.01. The molecule has 1 atom stereocenters. The average molecular weight is 215 g/mol. The molecule has 0 aliphatic rings. The topological polar surface area (TPSA) is 60.9 Å². The number of ketones is 1. The Hall–Kier alpha value is -1.94. The molecule has 1 aromatic carbocycles. The lowest BCUT2D eigenvalue weighted by atomic mass is 10.0. The first-order chi connectivity index (χ1) is 7.68. The van der Waals surface area contributed by atoms with Crippen LogP contribution in [0.5, 0.6) is 0 Å². The highest BCUT2D eigenvalue weighted by atomic mass is 16.1. The van der Waals surface area contributed by atoms with E-state index in [0.29, 0.717) is 5.69 Å². The number of carbonyl (C=O) groups is 1. The van der Waals surface area contributed by atoms with E-state index < -0.39 is 6.04 Å². The van der Waals surface area contributed by atoms with Crippen LogP contribution in [0, 0.1) is 0 Å². The molecule has 0 aliphatic carbocycles. The van der Waals surface area contributed by atoms with Crippen molar-refractivity contribution in [1.82, 2.24) is 9.78 Å². The molecular formula is C12H13N3O. The zero-order valence-electron chi connectivity index (χ0n) is 9.00. The summed E-state index contributed by atoms with van der Waals surface area (Å²) in [6.07, 6.45) is 1.73. The smallest absolute Gasteiger partial charge is 0.204 e. The van der Waals surface area contributed by atoms with Gasteiger partial charge < -0.3 is 5.73 Å². The van der Waals surface area contributed by atoms with E-state index in [0.717, 1.165) is 5.56 Å². The van der Waals surface area contributed by atoms with Crippen LogP contribution in [0.15, 0.2) is 42.6 Å². The first kappa shape index (κ1) is 10.6. The van der Waals surface area contributed by atoms with Gasteiger partial charge in [-0.2, -0.15) is 5.10 Å². The summed E-state index contributed by atoms with van der Waals surface area (Å²) in [7, 11) is 1.77. The van der Waals surface area contributed by atoms with E-state index in [1.54, 1.807) is 24.0 Å². The molecule has 1 aromatic heterocycles. The molecule has 4 heteroatoms. The Labute approximate surface area is 93.7 Å². The molecule has 0 aliphatic heterocycles. The third-order valence-corrected chi connectivity index (χ3v) is 2.41. The normalized spacial score (nSPS) is 12.4. The van der Waals surface area contributed by atoms with Gasteiger partial charge in [0.05, 0.1) is 6.04 Å². The zero-order valence-corrected chi connectivity index (χ0v) is 9.00. The number of hydrogen-bond acceptors (Lipinski definition) is 3. The van der Waals surface area contributed by atoms with Crippen LogP contribution >= 0.6 is 0 Å². The molecule has 0 fully saturated rings. The number of Topliss-reactive ketones (excluding diaryl/α,β-unsaturated/α-hetero) is 1. The summed E-state index contributed by atoms with van der Waals surface area (Å²) in [6, 6.07) is 10.3. The van der Waals surface area contributed by atoms with E-state index in [-0.39, 0.29) is 5.78 Å². The van der Waals surface area contributed by atoms with Gasteiger partial charge in [0.15, 0.2) is 0 Å². The number of hydrogen-bond donors (Lipinski definition) is 1. The second-order valence-corrected chi connectivity index (χ2v) is 3.63. The van der Waals surface area contributed by atoms with Gasteiger partial charge in [0.2, 0.25) is 5.78 Å². The van der Waals surface area contributed by atoms with Crippen molar-refractivity contribution in [1.29, 1.82) is 0 Å². The fourth-order valence-corrected chi connectivity index (χ4v) is 1.52. The lowest BCUT2D eigenvalue weighted by Crippen LogP contribution is -2.22. The van der Waals surface area contributed by atoms with Crippen LogP contribution in [0.3, 0.4) is 0 Å². The van der Waals surface area contributed by atoms with Crippen LogP contribution in [0.25, 0.3) is 0 Å². The fraction of sp³-hybridized carbons (Fsp3) is 0.167. The van der Waals surface area contributed by atoms with Gasteiger partial charge in [-0.1, -0.05) is 30.3 Å². The quantitative estimate of drug-likeness (QED) is 0.785. The Bertz CT molecular complexity index is 490. The predicted molar refractivity (Wildman–Crippen MR) is 60.9 cm³/mol. The Morgan fingerprint density at radius 1 is 1.31 bits per heavy atom. The Morgan fingerprint density at radius 3 is 2.56 bits per heavy atom. The highest BCUT2D eigenvalue weighted by molar-refractivity contribution is 5.98. The van der Waals surface area contributed by atoms with Gasteiger partial charge in [-0.15, -0.1) is 0 Å².